The second kappa shape index (κ2) is 7.08. The van der Waals surface area contributed by atoms with Crippen molar-refractivity contribution in [1.29, 1.82) is 0 Å². The summed E-state index contributed by atoms with van der Waals surface area (Å²) in [5.74, 6) is -0.759. The Morgan fingerprint density at radius 2 is 2.07 bits per heavy atom. The molecular formula is C20H20FN3O3. The summed E-state index contributed by atoms with van der Waals surface area (Å²) >= 11 is 0. The first-order valence-electron chi connectivity index (χ1n) is 8.90. The van der Waals surface area contributed by atoms with Crippen LogP contribution in [-0.4, -0.2) is 53.5 Å². The number of benzene rings is 1. The van der Waals surface area contributed by atoms with Gasteiger partial charge in [-0.2, -0.15) is 0 Å². The van der Waals surface area contributed by atoms with Gasteiger partial charge in [-0.3, -0.25) is 14.6 Å². The van der Waals surface area contributed by atoms with E-state index in [1.165, 1.54) is 12.1 Å². The lowest BCUT2D eigenvalue weighted by Gasteiger charge is -2.26. The van der Waals surface area contributed by atoms with Crippen LogP contribution in [0, 0.1) is 12.7 Å². The quantitative estimate of drug-likeness (QED) is 0.874. The van der Waals surface area contributed by atoms with Crippen molar-refractivity contribution >= 4 is 11.8 Å². The molecule has 0 aliphatic carbocycles. The number of hydrogen-bond donors (Lipinski definition) is 1. The van der Waals surface area contributed by atoms with E-state index in [0.29, 0.717) is 18.7 Å². The van der Waals surface area contributed by atoms with Gasteiger partial charge in [0.25, 0.3) is 5.91 Å². The number of aromatic nitrogens is 1. The van der Waals surface area contributed by atoms with Gasteiger partial charge in [-0.1, -0.05) is 12.1 Å². The molecule has 3 heterocycles. The number of carbonyl (C=O) groups excluding carboxylic acids is 2. The molecule has 2 fully saturated rings. The molecule has 0 bridgehead atoms. The number of ether oxygens (including phenoxy) is 1. The molecular weight excluding hydrogens is 349 g/mol. The summed E-state index contributed by atoms with van der Waals surface area (Å²) < 4.78 is 19.2. The van der Waals surface area contributed by atoms with E-state index < -0.39 is 0 Å². The molecule has 0 radical (unpaired) electrons. The van der Waals surface area contributed by atoms with Crippen molar-refractivity contribution in [3.63, 3.8) is 0 Å². The van der Waals surface area contributed by atoms with Crippen LogP contribution in [0.3, 0.4) is 0 Å². The summed E-state index contributed by atoms with van der Waals surface area (Å²) in [5, 5.41) is 2.82. The van der Waals surface area contributed by atoms with E-state index in [4.69, 9.17) is 4.74 Å². The molecule has 2 aromatic rings. The van der Waals surface area contributed by atoms with Crippen molar-refractivity contribution in [1.82, 2.24) is 15.2 Å². The van der Waals surface area contributed by atoms with Crippen LogP contribution >= 0.6 is 0 Å². The molecule has 2 aliphatic heterocycles. The zero-order chi connectivity index (χ0) is 19.0. The molecule has 2 saturated heterocycles. The largest absolute Gasteiger partial charge is 0.365 e. The van der Waals surface area contributed by atoms with E-state index in [0.717, 1.165) is 11.1 Å². The molecule has 0 saturated carbocycles. The maximum Gasteiger partial charge on any atom is 0.254 e. The highest BCUT2D eigenvalue weighted by Crippen LogP contribution is 2.36. The predicted molar refractivity (Wildman–Crippen MR) is 95.7 cm³/mol. The number of nitrogens with one attached hydrogen (secondary N) is 1. The average Bonchev–Trinajstić information content (AvgIpc) is 2.92. The van der Waals surface area contributed by atoms with Crippen molar-refractivity contribution < 1.29 is 18.7 Å². The Bertz CT molecular complexity index is 871. The van der Waals surface area contributed by atoms with Gasteiger partial charge in [0.2, 0.25) is 5.91 Å². The number of fused-ring (bicyclic) bond motifs is 1. The summed E-state index contributed by atoms with van der Waals surface area (Å²) in [5.41, 5.74) is 2.27. The van der Waals surface area contributed by atoms with Crippen LogP contribution in [-0.2, 0) is 9.53 Å². The molecule has 4 rings (SSSR count). The van der Waals surface area contributed by atoms with Crippen molar-refractivity contribution in [3.05, 3.63) is 65.2 Å². The van der Waals surface area contributed by atoms with Crippen LogP contribution in [0.1, 0.15) is 27.4 Å². The predicted octanol–water partition coefficient (Wildman–Crippen LogP) is 1.65. The minimum absolute atomic E-state index is 0.0465. The summed E-state index contributed by atoms with van der Waals surface area (Å²) in [4.78, 5) is 30.8. The van der Waals surface area contributed by atoms with Crippen molar-refractivity contribution in [3.8, 4) is 0 Å². The number of pyridine rings is 1. The Morgan fingerprint density at radius 1 is 1.30 bits per heavy atom. The monoisotopic (exact) mass is 369 g/mol. The van der Waals surface area contributed by atoms with E-state index in [9.17, 15) is 14.0 Å². The van der Waals surface area contributed by atoms with Crippen LogP contribution in [0.4, 0.5) is 4.39 Å². The number of aryl methyl sites for hydroxylation is 1. The highest BCUT2D eigenvalue weighted by molar-refractivity contribution is 5.96. The number of likely N-dealkylation sites (tertiary alicyclic amines) is 1. The van der Waals surface area contributed by atoms with Gasteiger partial charge in [-0.05, 0) is 36.2 Å². The smallest absolute Gasteiger partial charge is 0.254 e. The van der Waals surface area contributed by atoms with Crippen LogP contribution < -0.4 is 5.32 Å². The number of halogens is 1. The Hall–Kier alpha value is -2.80. The fourth-order valence-corrected chi connectivity index (χ4v) is 3.90. The number of hydrogen-bond acceptors (Lipinski definition) is 4. The molecule has 0 spiro atoms. The zero-order valence-electron chi connectivity index (χ0n) is 14.9. The minimum Gasteiger partial charge on any atom is -0.365 e. The van der Waals surface area contributed by atoms with E-state index in [1.807, 2.05) is 6.92 Å². The van der Waals surface area contributed by atoms with E-state index in [1.54, 1.807) is 35.5 Å². The van der Waals surface area contributed by atoms with Gasteiger partial charge in [0.1, 0.15) is 12.4 Å². The number of carbonyl (C=O) groups is 2. The Balaban J connectivity index is 1.69. The molecule has 27 heavy (non-hydrogen) atoms. The molecule has 1 aromatic carbocycles. The highest BCUT2D eigenvalue weighted by atomic mass is 19.1. The average molecular weight is 369 g/mol. The van der Waals surface area contributed by atoms with E-state index >= 15 is 0 Å². The maximum absolute atomic E-state index is 13.3. The Labute approximate surface area is 156 Å². The molecule has 2 amide bonds. The zero-order valence-corrected chi connectivity index (χ0v) is 14.9. The van der Waals surface area contributed by atoms with Crippen LogP contribution in [0.15, 0.2) is 42.7 Å². The first kappa shape index (κ1) is 17.6. The Kier molecular flexibility index (Phi) is 4.61. The normalized spacial score (nSPS) is 24.9. The van der Waals surface area contributed by atoms with Crippen molar-refractivity contribution in [2.75, 3.05) is 19.7 Å². The molecule has 1 N–H and O–H groups in total. The van der Waals surface area contributed by atoms with Gasteiger partial charge in [-0.15, -0.1) is 0 Å². The molecule has 140 valence electrons. The van der Waals surface area contributed by atoms with Crippen LogP contribution in [0.5, 0.6) is 0 Å². The summed E-state index contributed by atoms with van der Waals surface area (Å²) in [6, 6.07) is 7.66. The number of nitrogens with zero attached hydrogens (tertiary/aromatic N) is 2. The SMILES string of the molecule is Cc1cnccc1C(=O)N1C[C@H](c2ccc(F)cc2)[C@H]2OCC(=O)NC[C@H]21. The topological polar surface area (TPSA) is 71.5 Å². The summed E-state index contributed by atoms with van der Waals surface area (Å²) in [6.45, 7) is 2.57. The molecule has 7 heteroatoms. The van der Waals surface area contributed by atoms with Gasteiger partial charge < -0.3 is 15.0 Å². The fraction of sp³-hybridized carbons (Fsp3) is 0.350. The lowest BCUT2D eigenvalue weighted by molar-refractivity contribution is -0.125. The van der Waals surface area contributed by atoms with Gasteiger partial charge in [0.15, 0.2) is 0 Å². The maximum atomic E-state index is 13.3. The third-order valence-corrected chi connectivity index (χ3v) is 5.29. The molecule has 6 nitrogen and oxygen atoms in total. The standard InChI is InChI=1S/C20H20FN3O3/c1-12-8-22-7-6-15(12)20(26)24-10-16(13-2-4-14(21)5-3-13)19-17(24)9-23-18(25)11-27-19/h2-8,16-17,19H,9-11H2,1H3,(H,23,25)/t16-,17-,19-/m1/s1. The molecule has 0 unspecified atom stereocenters. The first-order valence-corrected chi connectivity index (χ1v) is 8.90. The number of amides is 2. The van der Waals surface area contributed by atoms with Gasteiger partial charge in [-0.25, -0.2) is 4.39 Å². The minimum atomic E-state index is -0.333. The van der Waals surface area contributed by atoms with Gasteiger partial charge >= 0.3 is 0 Å². The van der Waals surface area contributed by atoms with E-state index in [-0.39, 0.29) is 42.3 Å². The molecule has 2 aliphatic rings. The van der Waals surface area contributed by atoms with Crippen LogP contribution in [0.25, 0.3) is 0 Å². The lowest BCUT2D eigenvalue weighted by atomic mass is 9.93. The second-order valence-corrected chi connectivity index (χ2v) is 6.95. The highest BCUT2D eigenvalue weighted by Gasteiger charge is 2.47. The first-order chi connectivity index (χ1) is 13.0. The molecule has 1 aromatic heterocycles. The van der Waals surface area contributed by atoms with Crippen LogP contribution in [0.2, 0.25) is 0 Å². The summed E-state index contributed by atoms with van der Waals surface area (Å²) in [7, 11) is 0. The third-order valence-electron chi connectivity index (χ3n) is 5.29. The van der Waals surface area contributed by atoms with Crippen molar-refractivity contribution in [2.24, 2.45) is 0 Å². The number of rotatable bonds is 2. The Morgan fingerprint density at radius 3 is 2.81 bits per heavy atom. The molecule has 3 atom stereocenters. The summed E-state index contributed by atoms with van der Waals surface area (Å²) in [6.07, 6.45) is 2.92. The third kappa shape index (κ3) is 3.30. The fourth-order valence-electron chi connectivity index (χ4n) is 3.90. The van der Waals surface area contributed by atoms with Gasteiger partial charge in [0.05, 0.1) is 12.1 Å². The van der Waals surface area contributed by atoms with Crippen molar-refractivity contribution in [2.45, 2.75) is 25.0 Å². The second-order valence-electron chi connectivity index (χ2n) is 6.95. The van der Waals surface area contributed by atoms with Gasteiger partial charge in [0, 0.05) is 37.0 Å². The lowest BCUT2D eigenvalue weighted by Crippen LogP contribution is -2.45. The van der Waals surface area contributed by atoms with E-state index in [2.05, 4.69) is 10.3 Å².